The molecule has 0 heterocycles. The van der Waals surface area contributed by atoms with E-state index in [0.717, 1.165) is 0 Å². The molecule has 0 unspecified atom stereocenters. The van der Waals surface area contributed by atoms with Crippen molar-refractivity contribution in [2.45, 2.75) is 0 Å². The van der Waals surface area contributed by atoms with Crippen LogP contribution in [-0.2, 0) is 56.0 Å². The quantitative estimate of drug-likeness (QED) is 0.480. The summed E-state index contributed by atoms with van der Waals surface area (Å²) < 4.78 is 0. The van der Waals surface area contributed by atoms with Crippen LogP contribution in [0, 0.1) is 0 Å². The molecular formula is AlMnZn2. The summed E-state index contributed by atoms with van der Waals surface area (Å²) in [6, 6.07) is 0. The molecule has 0 aliphatic rings. The van der Waals surface area contributed by atoms with Gasteiger partial charge in [-0.05, 0) is 0 Å². The molecule has 0 aliphatic heterocycles. The molecule has 0 N–H and O–H groups in total. The van der Waals surface area contributed by atoms with Gasteiger partial charge in [0, 0.05) is 73.4 Å². The fourth-order valence-electron chi connectivity index (χ4n) is 0. The van der Waals surface area contributed by atoms with Crippen molar-refractivity contribution in [2.24, 2.45) is 0 Å². The van der Waals surface area contributed by atoms with Gasteiger partial charge in [0.15, 0.2) is 0 Å². The molecular weight excluding hydrogens is 213 g/mol. The molecule has 0 nitrogen and oxygen atoms in total. The molecule has 0 atom stereocenters. The smallest absolute Gasteiger partial charge is 0 e. The third kappa shape index (κ3) is 8.85. The zero-order valence-corrected chi connectivity index (χ0v) is 10.6. The first-order valence-electron chi connectivity index (χ1n) is 0. The second-order valence-corrected chi connectivity index (χ2v) is 0. The zero-order chi connectivity index (χ0) is 0. The molecule has 0 aromatic heterocycles. The predicted molar refractivity (Wildman–Crippen MR) is 5.75 cm³/mol. The third-order valence-corrected chi connectivity index (χ3v) is 0. The standard InChI is InChI=1S/Al.Mn.2Zn. The number of hydrogen-bond acceptors (Lipinski definition) is 0. The molecule has 0 fully saturated rings. The molecule has 4 radical (unpaired) electrons. The first-order valence-corrected chi connectivity index (χ1v) is 0. The molecule has 4 heteroatoms. The minimum Gasteiger partial charge on any atom is 0 e. The minimum absolute atomic E-state index is 0. The fourth-order valence-corrected chi connectivity index (χ4v) is 0. The van der Waals surface area contributed by atoms with Gasteiger partial charge in [-0.3, -0.25) is 0 Å². The monoisotopic (exact) mass is 210 g/mol. The Labute approximate surface area is 72.6 Å². The van der Waals surface area contributed by atoms with Gasteiger partial charge in [0.05, 0.1) is 0 Å². The predicted octanol–water partition coefficient (Wildman–Crippen LogP) is -0.388. The van der Waals surface area contributed by atoms with Crippen LogP contribution < -0.4 is 0 Å². The van der Waals surface area contributed by atoms with E-state index in [4.69, 9.17) is 0 Å². The summed E-state index contributed by atoms with van der Waals surface area (Å²) in [5.41, 5.74) is 0. The van der Waals surface area contributed by atoms with Crippen molar-refractivity contribution < 1.29 is 56.0 Å². The maximum atomic E-state index is 0. The van der Waals surface area contributed by atoms with E-state index >= 15 is 0 Å². The Morgan fingerprint density at radius 3 is 0.750 bits per heavy atom. The summed E-state index contributed by atoms with van der Waals surface area (Å²) in [6.07, 6.45) is 0. The van der Waals surface area contributed by atoms with Crippen LogP contribution in [0.1, 0.15) is 0 Å². The summed E-state index contributed by atoms with van der Waals surface area (Å²) in [7, 11) is 0. The number of hydrogen-bond donors (Lipinski definition) is 0. The van der Waals surface area contributed by atoms with Gasteiger partial charge in [0.25, 0.3) is 0 Å². The molecule has 0 bridgehead atoms. The Kier molecular flexibility index (Phi) is 155. The van der Waals surface area contributed by atoms with Gasteiger partial charge in [-0.15, -0.1) is 0 Å². The van der Waals surface area contributed by atoms with Crippen LogP contribution in [0.15, 0.2) is 0 Å². The van der Waals surface area contributed by atoms with Crippen molar-refractivity contribution >= 4 is 17.4 Å². The average molecular weight is 213 g/mol. The van der Waals surface area contributed by atoms with Gasteiger partial charge >= 0.3 is 0 Å². The van der Waals surface area contributed by atoms with Crippen LogP contribution in [0.4, 0.5) is 0 Å². The van der Waals surface area contributed by atoms with Gasteiger partial charge < -0.3 is 0 Å². The molecule has 0 aliphatic carbocycles. The van der Waals surface area contributed by atoms with Crippen molar-refractivity contribution in [3.8, 4) is 0 Å². The van der Waals surface area contributed by atoms with Crippen LogP contribution >= 0.6 is 0 Å². The molecule has 0 amide bonds. The van der Waals surface area contributed by atoms with Gasteiger partial charge in [-0.25, -0.2) is 0 Å². The van der Waals surface area contributed by atoms with E-state index in [0.29, 0.717) is 0 Å². The SMILES string of the molecule is [Al].[Mn].[Zn].[Zn]. The summed E-state index contributed by atoms with van der Waals surface area (Å²) >= 11 is 0. The van der Waals surface area contributed by atoms with E-state index in [9.17, 15) is 0 Å². The van der Waals surface area contributed by atoms with Crippen molar-refractivity contribution in [3.63, 3.8) is 0 Å². The summed E-state index contributed by atoms with van der Waals surface area (Å²) in [4.78, 5) is 0. The largest absolute Gasteiger partial charge is 0 e. The molecule has 0 aromatic rings. The van der Waals surface area contributed by atoms with Gasteiger partial charge in [0.2, 0.25) is 0 Å². The van der Waals surface area contributed by atoms with Gasteiger partial charge in [-0.2, -0.15) is 0 Å². The van der Waals surface area contributed by atoms with Crippen LogP contribution in [0.2, 0.25) is 0 Å². The van der Waals surface area contributed by atoms with Crippen molar-refractivity contribution in [2.75, 3.05) is 0 Å². The van der Waals surface area contributed by atoms with E-state index in [2.05, 4.69) is 0 Å². The van der Waals surface area contributed by atoms with Crippen LogP contribution in [0.25, 0.3) is 0 Å². The molecule has 0 saturated carbocycles. The van der Waals surface area contributed by atoms with Crippen molar-refractivity contribution in [3.05, 3.63) is 0 Å². The maximum absolute atomic E-state index is 0. The first kappa shape index (κ1) is 33.5. The Hall–Kier alpha value is 2.30. The van der Waals surface area contributed by atoms with E-state index in [1.165, 1.54) is 0 Å². The summed E-state index contributed by atoms with van der Waals surface area (Å²) in [5.74, 6) is 0. The van der Waals surface area contributed by atoms with Crippen LogP contribution in [0.3, 0.4) is 0 Å². The topological polar surface area (TPSA) is 0 Å². The Balaban J connectivity index is 0. The average Bonchev–Trinajstić information content (AvgIpc) is 0. The molecule has 4 heavy (non-hydrogen) atoms. The molecule has 0 saturated heterocycles. The van der Waals surface area contributed by atoms with E-state index in [-0.39, 0.29) is 73.4 Å². The van der Waals surface area contributed by atoms with Crippen LogP contribution in [0.5, 0.6) is 0 Å². The Bertz CT molecular complexity index is 6.00. The minimum atomic E-state index is 0. The first-order chi connectivity index (χ1) is 0. The summed E-state index contributed by atoms with van der Waals surface area (Å²) in [5, 5.41) is 0. The van der Waals surface area contributed by atoms with E-state index in [1.54, 1.807) is 0 Å². The molecule has 14 valence electrons. The van der Waals surface area contributed by atoms with Gasteiger partial charge in [0.1, 0.15) is 0 Å². The van der Waals surface area contributed by atoms with Gasteiger partial charge in [-0.1, -0.05) is 0 Å². The second kappa shape index (κ2) is 18.5. The molecule has 0 spiro atoms. The molecule has 0 aromatic carbocycles. The third-order valence-electron chi connectivity index (χ3n) is 0. The molecule has 0 rings (SSSR count). The van der Waals surface area contributed by atoms with Crippen LogP contribution in [-0.4, -0.2) is 17.4 Å². The van der Waals surface area contributed by atoms with E-state index in [1.807, 2.05) is 0 Å². The van der Waals surface area contributed by atoms with E-state index < -0.39 is 0 Å². The van der Waals surface area contributed by atoms with Crippen molar-refractivity contribution in [1.82, 2.24) is 0 Å². The normalized spacial score (nSPS) is 0. The second-order valence-electron chi connectivity index (χ2n) is 0. The maximum Gasteiger partial charge on any atom is 0 e. The Morgan fingerprint density at radius 1 is 0.750 bits per heavy atom. The Morgan fingerprint density at radius 2 is 0.750 bits per heavy atom. The zero-order valence-electron chi connectivity index (χ0n) is 2.37. The fraction of sp³-hybridized carbons (Fsp3) is 0. The number of rotatable bonds is 0. The summed E-state index contributed by atoms with van der Waals surface area (Å²) in [6.45, 7) is 0. The van der Waals surface area contributed by atoms with Crippen molar-refractivity contribution in [1.29, 1.82) is 0 Å².